The molecule has 0 aliphatic carbocycles. The number of hydrogen-bond acceptors (Lipinski definition) is 4. The van der Waals surface area contributed by atoms with Crippen molar-refractivity contribution in [3.63, 3.8) is 0 Å². The molecule has 0 saturated carbocycles. The average molecular weight is 266 g/mol. The Morgan fingerprint density at radius 1 is 1.53 bits per heavy atom. The summed E-state index contributed by atoms with van der Waals surface area (Å²) in [6, 6.07) is 5.96. The van der Waals surface area contributed by atoms with Gasteiger partial charge in [0, 0.05) is 11.5 Å². The number of carboxylic acids is 1. The van der Waals surface area contributed by atoms with E-state index >= 15 is 0 Å². The molecular weight excluding hydrogens is 256 g/mol. The second-order valence-electron chi connectivity index (χ2n) is 3.83. The molecule has 1 N–H and O–H groups in total. The van der Waals surface area contributed by atoms with E-state index in [-0.39, 0.29) is 5.69 Å². The summed E-state index contributed by atoms with van der Waals surface area (Å²) >= 11 is 3.47. The van der Waals surface area contributed by atoms with Gasteiger partial charge in [-0.1, -0.05) is 6.07 Å². The van der Waals surface area contributed by atoms with Crippen molar-refractivity contribution in [3.05, 3.63) is 29.3 Å². The number of thiophene rings is 1. The van der Waals surface area contributed by atoms with Crippen LogP contribution in [0.3, 0.4) is 0 Å². The molecule has 1 saturated heterocycles. The van der Waals surface area contributed by atoms with E-state index < -0.39 is 5.97 Å². The number of thioether (sulfide) groups is 1. The molecule has 1 aliphatic rings. The second kappa shape index (κ2) is 4.19. The Morgan fingerprint density at radius 2 is 2.35 bits per heavy atom. The van der Waals surface area contributed by atoms with Crippen LogP contribution in [0.15, 0.2) is 23.6 Å². The van der Waals surface area contributed by atoms with Crippen LogP contribution in [0.1, 0.15) is 16.5 Å². The van der Waals surface area contributed by atoms with Crippen molar-refractivity contribution in [1.29, 1.82) is 0 Å². The van der Waals surface area contributed by atoms with Crippen LogP contribution in [0.25, 0.3) is 10.6 Å². The van der Waals surface area contributed by atoms with E-state index in [1.54, 1.807) is 17.4 Å². The van der Waals surface area contributed by atoms with Gasteiger partial charge >= 0.3 is 5.97 Å². The molecule has 3 rings (SSSR count). The topological polar surface area (TPSA) is 55.1 Å². The number of aromatic nitrogens is 2. The Bertz CT molecular complexity index is 544. The van der Waals surface area contributed by atoms with Gasteiger partial charge in [-0.3, -0.25) is 4.68 Å². The minimum Gasteiger partial charge on any atom is -0.476 e. The highest BCUT2D eigenvalue weighted by Gasteiger charge is 2.26. The summed E-state index contributed by atoms with van der Waals surface area (Å²) < 4.78 is 1.87. The van der Waals surface area contributed by atoms with E-state index in [9.17, 15) is 4.79 Å². The summed E-state index contributed by atoms with van der Waals surface area (Å²) in [6.45, 7) is 0. The molecule has 17 heavy (non-hydrogen) atoms. The molecule has 0 spiro atoms. The SMILES string of the molecule is O=C(O)c1cc(-c2cccs2)n(C2CSC2)n1. The zero-order valence-corrected chi connectivity index (χ0v) is 10.5. The van der Waals surface area contributed by atoms with E-state index in [0.717, 1.165) is 22.1 Å². The smallest absolute Gasteiger partial charge is 0.356 e. The molecule has 1 fully saturated rings. The third kappa shape index (κ3) is 1.87. The average Bonchev–Trinajstić information content (AvgIpc) is 2.80. The molecule has 0 bridgehead atoms. The van der Waals surface area contributed by atoms with Crippen LogP contribution in [-0.2, 0) is 0 Å². The third-order valence-corrected chi connectivity index (χ3v) is 4.83. The number of hydrogen-bond donors (Lipinski definition) is 1. The van der Waals surface area contributed by atoms with Gasteiger partial charge in [0.2, 0.25) is 0 Å². The zero-order chi connectivity index (χ0) is 11.8. The fourth-order valence-corrected chi connectivity index (χ4v) is 3.21. The minimum absolute atomic E-state index is 0.130. The lowest BCUT2D eigenvalue weighted by Crippen LogP contribution is -2.24. The summed E-state index contributed by atoms with van der Waals surface area (Å²) in [5.41, 5.74) is 1.05. The molecule has 0 amide bonds. The Balaban J connectivity index is 2.08. The molecular formula is C11H10N2O2S2. The van der Waals surface area contributed by atoms with Gasteiger partial charge in [-0.05, 0) is 17.5 Å². The maximum atomic E-state index is 11.0. The standard InChI is InChI=1S/C11H10N2O2S2/c14-11(15)8-4-9(10-2-1-3-17-10)13(12-8)7-5-16-6-7/h1-4,7H,5-6H2,(H,14,15). The lowest BCUT2D eigenvalue weighted by atomic mass is 10.3. The molecule has 0 radical (unpaired) electrons. The van der Waals surface area contributed by atoms with E-state index in [2.05, 4.69) is 5.10 Å². The molecule has 0 unspecified atom stereocenters. The lowest BCUT2D eigenvalue weighted by Gasteiger charge is -2.26. The highest BCUT2D eigenvalue weighted by atomic mass is 32.2. The van der Waals surface area contributed by atoms with E-state index in [1.807, 2.05) is 34.0 Å². The van der Waals surface area contributed by atoms with Gasteiger partial charge in [0.25, 0.3) is 0 Å². The van der Waals surface area contributed by atoms with Gasteiger partial charge in [-0.15, -0.1) is 11.3 Å². The van der Waals surface area contributed by atoms with Crippen LogP contribution < -0.4 is 0 Å². The first-order valence-electron chi connectivity index (χ1n) is 5.20. The molecule has 2 aromatic heterocycles. The van der Waals surface area contributed by atoms with Gasteiger partial charge in [-0.25, -0.2) is 4.79 Å². The largest absolute Gasteiger partial charge is 0.476 e. The first-order valence-corrected chi connectivity index (χ1v) is 7.23. The van der Waals surface area contributed by atoms with Crippen LogP contribution in [0, 0.1) is 0 Å². The van der Waals surface area contributed by atoms with Gasteiger partial charge < -0.3 is 5.11 Å². The minimum atomic E-state index is -0.964. The van der Waals surface area contributed by atoms with Crippen LogP contribution in [0.2, 0.25) is 0 Å². The molecule has 1 aliphatic heterocycles. The molecule has 0 atom stereocenters. The van der Waals surface area contributed by atoms with Gasteiger partial charge in [0.15, 0.2) is 5.69 Å². The van der Waals surface area contributed by atoms with Gasteiger partial charge in [0.05, 0.1) is 16.6 Å². The zero-order valence-electron chi connectivity index (χ0n) is 8.87. The van der Waals surface area contributed by atoms with Crippen LogP contribution in [0.5, 0.6) is 0 Å². The Morgan fingerprint density at radius 3 is 2.88 bits per heavy atom. The summed E-state index contributed by atoms with van der Waals surface area (Å²) in [5.74, 6) is 1.06. The van der Waals surface area contributed by atoms with Crippen molar-refractivity contribution >= 4 is 29.1 Å². The van der Waals surface area contributed by atoms with Crippen molar-refractivity contribution < 1.29 is 9.90 Å². The number of carboxylic acid groups (broad SMARTS) is 1. The molecule has 6 heteroatoms. The number of rotatable bonds is 3. The summed E-state index contributed by atoms with van der Waals surface area (Å²) in [5, 5.41) is 15.2. The van der Waals surface area contributed by atoms with E-state index in [0.29, 0.717) is 6.04 Å². The quantitative estimate of drug-likeness (QED) is 0.927. The molecule has 2 aromatic rings. The highest BCUT2D eigenvalue weighted by Crippen LogP contribution is 2.34. The predicted molar refractivity (Wildman–Crippen MR) is 68.9 cm³/mol. The highest BCUT2D eigenvalue weighted by molar-refractivity contribution is 8.00. The second-order valence-corrected chi connectivity index (χ2v) is 5.86. The Hall–Kier alpha value is -1.27. The fraction of sp³-hybridized carbons (Fsp3) is 0.273. The molecule has 0 aromatic carbocycles. The first-order chi connectivity index (χ1) is 8.25. The Kier molecular flexibility index (Phi) is 2.68. The molecule has 3 heterocycles. The monoisotopic (exact) mass is 266 g/mol. The number of carbonyl (C=O) groups is 1. The third-order valence-electron chi connectivity index (χ3n) is 2.69. The summed E-state index contributed by atoms with van der Waals surface area (Å²) in [4.78, 5) is 12.1. The molecule has 88 valence electrons. The maximum absolute atomic E-state index is 11.0. The van der Waals surface area contributed by atoms with Crippen molar-refractivity contribution in [2.45, 2.75) is 6.04 Å². The van der Waals surface area contributed by atoms with Crippen molar-refractivity contribution in [1.82, 2.24) is 9.78 Å². The van der Waals surface area contributed by atoms with Crippen LogP contribution in [0.4, 0.5) is 0 Å². The fourth-order valence-electron chi connectivity index (χ4n) is 1.75. The number of nitrogens with zero attached hydrogens (tertiary/aromatic N) is 2. The lowest BCUT2D eigenvalue weighted by molar-refractivity contribution is 0.0689. The number of aromatic carboxylic acids is 1. The van der Waals surface area contributed by atoms with E-state index in [1.165, 1.54) is 0 Å². The van der Waals surface area contributed by atoms with Gasteiger partial charge in [0.1, 0.15) is 0 Å². The predicted octanol–water partition coefficient (Wildman–Crippen LogP) is 2.60. The maximum Gasteiger partial charge on any atom is 0.356 e. The summed E-state index contributed by atoms with van der Waals surface area (Å²) in [6.07, 6.45) is 0. The van der Waals surface area contributed by atoms with Crippen molar-refractivity contribution in [2.24, 2.45) is 0 Å². The van der Waals surface area contributed by atoms with Crippen LogP contribution >= 0.6 is 23.1 Å². The summed E-state index contributed by atoms with van der Waals surface area (Å²) in [7, 11) is 0. The van der Waals surface area contributed by atoms with Gasteiger partial charge in [-0.2, -0.15) is 16.9 Å². The first kappa shape index (κ1) is 10.9. The Labute approximate surface area is 106 Å². The normalized spacial score (nSPS) is 15.8. The molecule has 4 nitrogen and oxygen atoms in total. The van der Waals surface area contributed by atoms with Crippen LogP contribution in [-0.4, -0.2) is 32.4 Å². The van der Waals surface area contributed by atoms with Crippen molar-refractivity contribution in [2.75, 3.05) is 11.5 Å². The van der Waals surface area contributed by atoms with Crippen molar-refractivity contribution in [3.8, 4) is 10.6 Å². The van der Waals surface area contributed by atoms with E-state index in [4.69, 9.17) is 5.11 Å².